The zero-order chi connectivity index (χ0) is 13.9. The van der Waals surface area contributed by atoms with Gasteiger partial charge >= 0.3 is 0 Å². The van der Waals surface area contributed by atoms with Gasteiger partial charge < -0.3 is 4.90 Å². The van der Waals surface area contributed by atoms with Gasteiger partial charge in [-0.25, -0.2) is 0 Å². The quantitative estimate of drug-likeness (QED) is 0.777. The summed E-state index contributed by atoms with van der Waals surface area (Å²) in [6.45, 7) is 7.18. The van der Waals surface area contributed by atoms with Crippen molar-refractivity contribution in [3.05, 3.63) is 34.4 Å². The summed E-state index contributed by atoms with van der Waals surface area (Å²) in [7, 11) is 0. The molecule has 1 atom stereocenters. The van der Waals surface area contributed by atoms with Gasteiger partial charge in [0.2, 0.25) is 0 Å². The predicted octanol–water partition coefficient (Wildman–Crippen LogP) is 4.15. The summed E-state index contributed by atoms with van der Waals surface area (Å²) in [5, 5.41) is 0. The lowest BCUT2D eigenvalue weighted by atomic mass is 9.85. The van der Waals surface area contributed by atoms with E-state index in [0.717, 1.165) is 6.04 Å². The summed E-state index contributed by atoms with van der Waals surface area (Å²) in [6, 6.07) is 5.89. The summed E-state index contributed by atoms with van der Waals surface area (Å²) < 4.78 is 0. The SMILES string of the molecule is CCCN(CCC)C1CCc2cc3c(cc2C1)CCC3. The first kappa shape index (κ1) is 14.1. The molecule has 0 amide bonds. The van der Waals surface area contributed by atoms with E-state index in [1.165, 1.54) is 64.5 Å². The van der Waals surface area contributed by atoms with E-state index in [4.69, 9.17) is 0 Å². The van der Waals surface area contributed by atoms with Crippen LogP contribution in [0.2, 0.25) is 0 Å². The Balaban J connectivity index is 1.77. The van der Waals surface area contributed by atoms with Crippen LogP contribution in [0.1, 0.15) is 61.8 Å². The van der Waals surface area contributed by atoms with Crippen LogP contribution in [0.25, 0.3) is 0 Å². The lowest BCUT2D eigenvalue weighted by Crippen LogP contribution is -2.40. The fourth-order valence-electron chi connectivity index (χ4n) is 4.19. The maximum atomic E-state index is 2.75. The van der Waals surface area contributed by atoms with Crippen LogP contribution in [0, 0.1) is 0 Å². The highest BCUT2D eigenvalue weighted by molar-refractivity contribution is 5.42. The van der Waals surface area contributed by atoms with E-state index in [0.29, 0.717) is 0 Å². The van der Waals surface area contributed by atoms with Crippen molar-refractivity contribution < 1.29 is 0 Å². The average Bonchev–Trinajstić information content (AvgIpc) is 2.91. The summed E-state index contributed by atoms with van der Waals surface area (Å²) in [6.07, 6.45) is 10.6. The Kier molecular flexibility index (Phi) is 4.45. The van der Waals surface area contributed by atoms with Gasteiger partial charge in [0.25, 0.3) is 0 Å². The van der Waals surface area contributed by atoms with Crippen LogP contribution < -0.4 is 0 Å². The fraction of sp³-hybridized carbons (Fsp3) is 0.684. The summed E-state index contributed by atoms with van der Waals surface area (Å²) in [4.78, 5) is 2.75. The summed E-state index contributed by atoms with van der Waals surface area (Å²) in [5.74, 6) is 0. The molecule has 0 saturated carbocycles. The first-order valence-electron chi connectivity index (χ1n) is 8.69. The molecule has 2 aliphatic rings. The number of rotatable bonds is 5. The summed E-state index contributed by atoms with van der Waals surface area (Å²) in [5.41, 5.74) is 6.64. The normalized spacial score (nSPS) is 21.1. The molecule has 3 rings (SSSR count). The first-order chi connectivity index (χ1) is 9.81. The third-order valence-corrected chi connectivity index (χ3v) is 5.15. The maximum Gasteiger partial charge on any atom is 0.0139 e. The lowest BCUT2D eigenvalue weighted by Gasteiger charge is -2.35. The first-order valence-corrected chi connectivity index (χ1v) is 8.69. The van der Waals surface area contributed by atoms with E-state index in [1.807, 2.05) is 0 Å². The minimum absolute atomic E-state index is 0.793. The predicted molar refractivity (Wildman–Crippen MR) is 86.4 cm³/mol. The molecule has 0 saturated heterocycles. The van der Waals surface area contributed by atoms with Crippen molar-refractivity contribution in [3.63, 3.8) is 0 Å². The third kappa shape index (κ3) is 2.79. The van der Waals surface area contributed by atoms with Gasteiger partial charge in [-0.1, -0.05) is 26.0 Å². The molecule has 1 aromatic rings. The van der Waals surface area contributed by atoms with Crippen molar-refractivity contribution in [3.8, 4) is 0 Å². The molecule has 1 heteroatoms. The van der Waals surface area contributed by atoms with Crippen molar-refractivity contribution in [1.29, 1.82) is 0 Å². The minimum Gasteiger partial charge on any atom is -0.300 e. The Morgan fingerprint density at radius 3 is 2.15 bits per heavy atom. The van der Waals surface area contributed by atoms with E-state index in [1.54, 1.807) is 22.3 Å². The smallest absolute Gasteiger partial charge is 0.0139 e. The second kappa shape index (κ2) is 6.30. The number of fused-ring (bicyclic) bond motifs is 2. The molecule has 0 N–H and O–H groups in total. The van der Waals surface area contributed by atoms with Crippen LogP contribution in [-0.2, 0) is 25.7 Å². The van der Waals surface area contributed by atoms with Crippen molar-refractivity contribution in [2.24, 2.45) is 0 Å². The van der Waals surface area contributed by atoms with Gasteiger partial charge in [0.1, 0.15) is 0 Å². The van der Waals surface area contributed by atoms with Crippen molar-refractivity contribution >= 4 is 0 Å². The van der Waals surface area contributed by atoms with Crippen LogP contribution in [0.4, 0.5) is 0 Å². The molecule has 1 aromatic carbocycles. The molecule has 0 fully saturated rings. The van der Waals surface area contributed by atoms with Gasteiger partial charge in [0.15, 0.2) is 0 Å². The van der Waals surface area contributed by atoms with Gasteiger partial charge in [-0.05, 0) is 86.7 Å². The van der Waals surface area contributed by atoms with Gasteiger partial charge in [-0.15, -0.1) is 0 Å². The number of nitrogens with zero attached hydrogens (tertiary/aromatic N) is 1. The second-order valence-corrected chi connectivity index (χ2v) is 6.68. The fourth-order valence-corrected chi connectivity index (χ4v) is 4.19. The molecule has 20 heavy (non-hydrogen) atoms. The Morgan fingerprint density at radius 2 is 1.50 bits per heavy atom. The van der Waals surface area contributed by atoms with Crippen LogP contribution in [0.5, 0.6) is 0 Å². The average molecular weight is 271 g/mol. The second-order valence-electron chi connectivity index (χ2n) is 6.68. The van der Waals surface area contributed by atoms with E-state index in [2.05, 4.69) is 30.9 Å². The van der Waals surface area contributed by atoms with Crippen LogP contribution in [0.15, 0.2) is 12.1 Å². The molecule has 0 heterocycles. The standard InChI is InChI=1S/C19H29N/c1-3-10-20(11-4-2)19-9-8-17-12-15-6-5-7-16(15)13-18(17)14-19/h12-13,19H,3-11,14H2,1-2H3. The third-order valence-electron chi connectivity index (χ3n) is 5.15. The van der Waals surface area contributed by atoms with E-state index in [-0.39, 0.29) is 0 Å². The molecule has 1 nitrogen and oxygen atoms in total. The van der Waals surface area contributed by atoms with Gasteiger partial charge in [-0.3, -0.25) is 0 Å². The molecule has 0 spiro atoms. The molecule has 0 aromatic heterocycles. The molecule has 110 valence electrons. The maximum absolute atomic E-state index is 2.75. The van der Waals surface area contributed by atoms with Gasteiger partial charge in [-0.2, -0.15) is 0 Å². The molecule has 0 bridgehead atoms. The van der Waals surface area contributed by atoms with Crippen LogP contribution in [-0.4, -0.2) is 24.0 Å². The Bertz CT molecular complexity index is 457. The number of aryl methyl sites for hydroxylation is 3. The molecule has 1 unspecified atom stereocenters. The van der Waals surface area contributed by atoms with Crippen LogP contribution >= 0.6 is 0 Å². The highest BCUT2D eigenvalue weighted by atomic mass is 15.1. The lowest BCUT2D eigenvalue weighted by molar-refractivity contribution is 0.180. The number of hydrogen-bond acceptors (Lipinski definition) is 1. The highest BCUT2D eigenvalue weighted by Gasteiger charge is 2.25. The van der Waals surface area contributed by atoms with E-state index in [9.17, 15) is 0 Å². The Labute approximate surface area is 124 Å². The topological polar surface area (TPSA) is 3.24 Å². The molecule has 0 radical (unpaired) electrons. The summed E-state index contributed by atoms with van der Waals surface area (Å²) >= 11 is 0. The van der Waals surface area contributed by atoms with Gasteiger partial charge in [0, 0.05) is 6.04 Å². The minimum atomic E-state index is 0.793. The largest absolute Gasteiger partial charge is 0.300 e. The Morgan fingerprint density at radius 1 is 0.900 bits per heavy atom. The van der Waals surface area contributed by atoms with E-state index >= 15 is 0 Å². The highest BCUT2D eigenvalue weighted by Crippen LogP contribution is 2.31. The zero-order valence-electron chi connectivity index (χ0n) is 13.3. The molecule has 0 aliphatic heterocycles. The van der Waals surface area contributed by atoms with Crippen LogP contribution in [0.3, 0.4) is 0 Å². The van der Waals surface area contributed by atoms with Crippen molar-refractivity contribution in [1.82, 2.24) is 4.90 Å². The van der Waals surface area contributed by atoms with Crippen molar-refractivity contribution in [2.75, 3.05) is 13.1 Å². The number of benzene rings is 1. The Hall–Kier alpha value is -0.820. The monoisotopic (exact) mass is 271 g/mol. The van der Waals surface area contributed by atoms with Crippen molar-refractivity contribution in [2.45, 2.75) is 71.3 Å². The molecule has 2 aliphatic carbocycles. The zero-order valence-corrected chi connectivity index (χ0v) is 13.3. The molecular formula is C19H29N. The van der Waals surface area contributed by atoms with E-state index < -0.39 is 0 Å². The molecular weight excluding hydrogens is 242 g/mol. The van der Waals surface area contributed by atoms with Gasteiger partial charge in [0.05, 0.1) is 0 Å². The number of hydrogen-bond donors (Lipinski definition) is 0.